The molecule has 0 aliphatic carbocycles. The summed E-state index contributed by atoms with van der Waals surface area (Å²) in [5.41, 5.74) is 7.19. The van der Waals surface area contributed by atoms with E-state index in [1.807, 2.05) is 12.1 Å². The van der Waals surface area contributed by atoms with Gasteiger partial charge in [0.1, 0.15) is 5.82 Å². The first-order valence-electron chi connectivity index (χ1n) is 7.70. The fourth-order valence-electron chi connectivity index (χ4n) is 2.78. The number of nitrogens with zero attached hydrogens (tertiary/aromatic N) is 1. The van der Waals surface area contributed by atoms with Gasteiger partial charge in [-0.3, -0.25) is 4.90 Å². The Bertz CT molecular complexity index is 540. The van der Waals surface area contributed by atoms with E-state index in [0.717, 1.165) is 18.7 Å². The SMILES string of the molecule is CC1(C)CCCN(Cc2ccc(C#CCN)cc2F)CC1. The zero-order chi connectivity index (χ0) is 15.3. The van der Waals surface area contributed by atoms with Crippen molar-refractivity contribution in [3.8, 4) is 11.8 Å². The van der Waals surface area contributed by atoms with Crippen LogP contribution in [-0.4, -0.2) is 24.5 Å². The third-order valence-electron chi connectivity index (χ3n) is 4.21. The van der Waals surface area contributed by atoms with Crippen molar-refractivity contribution in [3.05, 3.63) is 35.1 Å². The molecule has 0 atom stereocenters. The molecule has 0 saturated carbocycles. The summed E-state index contributed by atoms with van der Waals surface area (Å²) >= 11 is 0. The molecular weight excluding hydrogens is 263 g/mol. The van der Waals surface area contributed by atoms with Crippen LogP contribution < -0.4 is 5.73 Å². The van der Waals surface area contributed by atoms with Crippen LogP contribution in [0.25, 0.3) is 0 Å². The topological polar surface area (TPSA) is 29.3 Å². The first kappa shape index (κ1) is 16.0. The van der Waals surface area contributed by atoms with E-state index >= 15 is 0 Å². The second-order valence-electron chi connectivity index (χ2n) is 6.61. The minimum atomic E-state index is -0.165. The molecule has 2 N–H and O–H groups in total. The molecule has 2 rings (SSSR count). The van der Waals surface area contributed by atoms with Gasteiger partial charge >= 0.3 is 0 Å². The molecule has 0 aromatic heterocycles. The van der Waals surface area contributed by atoms with E-state index in [1.54, 1.807) is 0 Å². The van der Waals surface area contributed by atoms with Crippen molar-refractivity contribution in [2.24, 2.45) is 11.1 Å². The average Bonchev–Trinajstić information content (AvgIpc) is 2.60. The summed E-state index contributed by atoms with van der Waals surface area (Å²) in [5.74, 6) is 5.45. The number of benzene rings is 1. The molecule has 1 fully saturated rings. The monoisotopic (exact) mass is 288 g/mol. The molecule has 2 nitrogen and oxygen atoms in total. The summed E-state index contributed by atoms with van der Waals surface area (Å²) in [6.07, 6.45) is 3.61. The lowest BCUT2D eigenvalue weighted by atomic mass is 9.85. The van der Waals surface area contributed by atoms with Crippen LogP contribution in [0.4, 0.5) is 4.39 Å². The van der Waals surface area contributed by atoms with E-state index in [2.05, 4.69) is 30.6 Å². The highest BCUT2D eigenvalue weighted by Crippen LogP contribution is 2.30. The predicted octanol–water partition coefficient (Wildman–Crippen LogP) is 3.15. The highest BCUT2D eigenvalue weighted by molar-refractivity contribution is 5.37. The zero-order valence-corrected chi connectivity index (χ0v) is 13.1. The summed E-state index contributed by atoms with van der Waals surface area (Å²) in [7, 11) is 0. The molecule has 1 aliphatic heterocycles. The van der Waals surface area contributed by atoms with Crippen molar-refractivity contribution in [2.45, 2.75) is 39.7 Å². The van der Waals surface area contributed by atoms with E-state index in [1.165, 1.54) is 25.3 Å². The molecule has 0 bridgehead atoms. The van der Waals surface area contributed by atoms with Gasteiger partial charge in [0, 0.05) is 17.7 Å². The van der Waals surface area contributed by atoms with Crippen molar-refractivity contribution in [1.29, 1.82) is 0 Å². The first-order valence-corrected chi connectivity index (χ1v) is 7.70. The smallest absolute Gasteiger partial charge is 0.128 e. The molecule has 21 heavy (non-hydrogen) atoms. The highest BCUT2D eigenvalue weighted by Gasteiger charge is 2.23. The lowest BCUT2D eigenvalue weighted by molar-refractivity contribution is 0.253. The minimum absolute atomic E-state index is 0.165. The highest BCUT2D eigenvalue weighted by atomic mass is 19.1. The van der Waals surface area contributed by atoms with E-state index in [9.17, 15) is 4.39 Å². The fraction of sp³-hybridized carbons (Fsp3) is 0.556. The van der Waals surface area contributed by atoms with E-state index in [4.69, 9.17) is 5.73 Å². The van der Waals surface area contributed by atoms with Gasteiger partial charge < -0.3 is 5.73 Å². The van der Waals surface area contributed by atoms with Crippen molar-refractivity contribution in [3.63, 3.8) is 0 Å². The van der Waals surface area contributed by atoms with Gasteiger partial charge in [0.15, 0.2) is 0 Å². The quantitative estimate of drug-likeness (QED) is 0.847. The number of nitrogens with two attached hydrogens (primary N) is 1. The molecular formula is C18H25FN2. The molecule has 0 unspecified atom stereocenters. The third-order valence-corrected chi connectivity index (χ3v) is 4.21. The summed E-state index contributed by atoms with van der Waals surface area (Å²) in [6.45, 7) is 7.72. The van der Waals surface area contributed by atoms with Gasteiger partial charge in [-0.15, -0.1) is 0 Å². The van der Waals surface area contributed by atoms with Crippen LogP contribution in [-0.2, 0) is 6.54 Å². The normalized spacial score (nSPS) is 18.7. The van der Waals surface area contributed by atoms with Crippen molar-refractivity contribution in [2.75, 3.05) is 19.6 Å². The summed E-state index contributed by atoms with van der Waals surface area (Å²) in [5, 5.41) is 0. The molecule has 0 radical (unpaired) electrons. The first-order chi connectivity index (χ1) is 10.00. The van der Waals surface area contributed by atoms with Crippen molar-refractivity contribution in [1.82, 2.24) is 4.90 Å². The molecule has 1 aromatic rings. The Morgan fingerprint density at radius 3 is 2.81 bits per heavy atom. The van der Waals surface area contributed by atoms with Gasteiger partial charge in [-0.2, -0.15) is 0 Å². The van der Waals surface area contributed by atoms with Crippen molar-refractivity contribution >= 4 is 0 Å². The van der Waals surface area contributed by atoms with Crippen LogP contribution in [0.2, 0.25) is 0 Å². The van der Waals surface area contributed by atoms with E-state index in [-0.39, 0.29) is 5.82 Å². The second-order valence-corrected chi connectivity index (χ2v) is 6.61. The van der Waals surface area contributed by atoms with Gasteiger partial charge in [0.2, 0.25) is 0 Å². The second kappa shape index (κ2) is 7.06. The van der Waals surface area contributed by atoms with Crippen LogP contribution in [0, 0.1) is 23.1 Å². The van der Waals surface area contributed by atoms with Crippen LogP contribution in [0.1, 0.15) is 44.2 Å². The van der Waals surface area contributed by atoms with Gasteiger partial charge in [-0.1, -0.05) is 31.8 Å². The third kappa shape index (κ3) is 4.84. The number of hydrogen-bond acceptors (Lipinski definition) is 2. The Labute approximate surface area is 127 Å². The van der Waals surface area contributed by atoms with Crippen LogP contribution in [0.15, 0.2) is 18.2 Å². The molecule has 3 heteroatoms. The maximum absolute atomic E-state index is 14.2. The Morgan fingerprint density at radius 2 is 2.10 bits per heavy atom. The fourth-order valence-corrected chi connectivity index (χ4v) is 2.78. The standard InChI is InChI=1S/C18H25FN2/c1-18(2)8-4-11-21(12-9-18)14-16-7-6-15(5-3-10-20)13-17(16)19/h6-7,13H,4,8-12,14,20H2,1-2H3. The zero-order valence-electron chi connectivity index (χ0n) is 13.1. The maximum atomic E-state index is 14.2. The Balaban J connectivity index is 2.02. The lowest BCUT2D eigenvalue weighted by Gasteiger charge is -2.23. The van der Waals surface area contributed by atoms with Crippen LogP contribution in [0.3, 0.4) is 0 Å². The minimum Gasteiger partial charge on any atom is -0.320 e. The Hall–Kier alpha value is -1.37. The predicted molar refractivity (Wildman–Crippen MR) is 85.2 cm³/mol. The lowest BCUT2D eigenvalue weighted by Crippen LogP contribution is -2.25. The number of rotatable bonds is 2. The van der Waals surface area contributed by atoms with Gasteiger partial charge in [0.25, 0.3) is 0 Å². The van der Waals surface area contributed by atoms with E-state index in [0.29, 0.717) is 24.1 Å². The Kier molecular flexibility index (Phi) is 5.39. The van der Waals surface area contributed by atoms with Crippen molar-refractivity contribution < 1.29 is 4.39 Å². The van der Waals surface area contributed by atoms with Crippen LogP contribution >= 0.6 is 0 Å². The summed E-state index contributed by atoms with van der Waals surface area (Å²) in [4.78, 5) is 2.36. The number of hydrogen-bond donors (Lipinski definition) is 1. The molecule has 1 saturated heterocycles. The van der Waals surface area contributed by atoms with Crippen LogP contribution in [0.5, 0.6) is 0 Å². The number of likely N-dealkylation sites (tertiary alicyclic amines) is 1. The largest absolute Gasteiger partial charge is 0.320 e. The molecule has 1 aliphatic rings. The molecule has 1 aromatic carbocycles. The summed E-state index contributed by atoms with van der Waals surface area (Å²) < 4.78 is 14.2. The Morgan fingerprint density at radius 1 is 1.29 bits per heavy atom. The number of halogens is 1. The van der Waals surface area contributed by atoms with Gasteiger partial charge in [0.05, 0.1) is 6.54 Å². The molecule has 0 spiro atoms. The molecule has 114 valence electrons. The van der Waals surface area contributed by atoms with Gasteiger partial charge in [-0.25, -0.2) is 4.39 Å². The molecule has 1 heterocycles. The van der Waals surface area contributed by atoms with Gasteiger partial charge in [-0.05, 0) is 49.9 Å². The maximum Gasteiger partial charge on any atom is 0.128 e. The van der Waals surface area contributed by atoms with E-state index < -0.39 is 0 Å². The summed E-state index contributed by atoms with van der Waals surface area (Å²) in [6, 6.07) is 5.24. The average molecular weight is 288 g/mol. The molecule has 0 amide bonds.